The standard InChI is InChI=1S/C19H29N5O2/c1-3-7-16(20)19(26)23-18-12-24(13-22-18)17-9-6-5-8-14(17)10-21-11-15(25)4-2/h5-6,8-9,12-13,15-16,21,25H,3-4,7,10-11,20H2,1-2H3,(H,23,26)/t15?,16-/m0/s1. The van der Waals surface area contributed by atoms with Crippen LogP contribution in [0.1, 0.15) is 38.7 Å². The van der Waals surface area contributed by atoms with E-state index in [1.165, 1.54) is 0 Å². The average molecular weight is 359 g/mol. The van der Waals surface area contributed by atoms with Gasteiger partial charge in [-0.25, -0.2) is 4.98 Å². The molecule has 2 atom stereocenters. The highest BCUT2D eigenvalue weighted by Crippen LogP contribution is 2.17. The maximum Gasteiger partial charge on any atom is 0.242 e. The maximum absolute atomic E-state index is 12.0. The van der Waals surface area contributed by atoms with Crippen molar-refractivity contribution in [3.8, 4) is 5.69 Å². The molecule has 1 aromatic heterocycles. The van der Waals surface area contributed by atoms with Gasteiger partial charge < -0.3 is 26.0 Å². The Morgan fingerprint density at radius 3 is 2.85 bits per heavy atom. The summed E-state index contributed by atoms with van der Waals surface area (Å²) < 4.78 is 1.87. The third-order valence-corrected chi connectivity index (χ3v) is 4.21. The van der Waals surface area contributed by atoms with Crippen molar-refractivity contribution in [2.24, 2.45) is 5.73 Å². The van der Waals surface area contributed by atoms with Gasteiger partial charge in [0, 0.05) is 13.1 Å². The lowest BCUT2D eigenvalue weighted by Crippen LogP contribution is -2.35. The summed E-state index contributed by atoms with van der Waals surface area (Å²) in [6, 6.07) is 7.42. The quantitative estimate of drug-likeness (QED) is 0.518. The van der Waals surface area contributed by atoms with E-state index in [9.17, 15) is 9.90 Å². The number of nitrogens with zero attached hydrogens (tertiary/aromatic N) is 2. The minimum atomic E-state index is -0.522. The van der Waals surface area contributed by atoms with Crippen LogP contribution in [0.5, 0.6) is 0 Å². The molecular weight excluding hydrogens is 330 g/mol. The third-order valence-electron chi connectivity index (χ3n) is 4.21. The summed E-state index contributed by atoms with van der Waals surface area (Å²) in [5.41, 5.74) is 7.88. The number of amides is 1. The molecule has 0 bridgehead atoms. The highest BCUT2D eigenvalue weighted by molar-refractivity contribution is 5.93. The zero-order chi connectivity index (χ0) is 18.9. The van der Waals surface area contributed by atoms with E-state index in [2.05, 4.69) is 15.6 Å². The van der Waals surface area contributed by atoms with Gasteiger partial charge in [0.15, 0.2) is 5.82 Å². The first kappa shape index (κ1) is 20.1. The Morgan fingerprint density at radius 2 is 2.12 bits per heavy atom. The van der Waals surface area contributed by atoms with Gasteiger partial charge in [-0.05, 0) is 24.5 Å². The van der Waals surface area contributed by atoms with Crippen molar-refractivity contribution in [1.29, 1.82) is 0 Å². The highest BCUT2D eigenvalue weighted by atomic mass is 16.3. The largest absolute Gasteiger partial charge is 0.392 e. The van der Waals surface area contributed by atoms with Gasteiger partial charge in [-0.3, -0.25) is 4.79 Å². The molecule has 1 amide bonds. The minimum Gasteiger partial charge on any atom is -0.392 e. The molecule has 0 saturated carbocycles. The third kappa shape index (κ3) is 5.66. The van der Waals surface area contributed by atoms with Gasteiger partial charge in [0.05, 0.1) is 24.0 Å². The van der Waals surface area contributed by atoms with Crippen molar-refractivity contribution >= 4 is 11.7 Å². The molecule has 5 N–H and O–H groups in total. The van der Waals surface area contributed by atoms with Crippen molar-refractivity contribution in [3.63, 3.8) is 0 Å². The Labute approximate surface area is 154 Å². The predicted molar refractivity (Wildman–Crippen MR) is 103 cm³/mol. The molecule has 0 aliphatic carbocycles. The SMILES string of the molecule is CCC[C@H](N)C(=O)Nc1cn(-c2ccccc2CNCC(O)CC)cn1. The summed E-state index contributed by atoms with van der Waals surface area (Å²) >= 11 is 0. The van der Waals surface area contributed by atoms with Gasteiger partial charge in [0.25, 0.3) is 0 Å². The lowest BCUT2D eigenvalue weighted by molar-refractivity contribution is -0.117. The summed E-state index contributed by atoms with van der Waals surface area (Å²) in [6.07, 6.45) is 5.32. The molecule has 26 heavy (non-hydrogen) atoms. The van der Waals surface area contributed by atoms with Gasteiger partial charge in [-0.15, -0.1) is 0 Å². The Kier molecular flexibility index (Phi) is 7.77. The number of aliphatic hydroxyl groups is 1. The highest BCUT2D eigenvalue weighted by Gasteiger charge is 2.14. The van der Waals surface area contributed by atoms with E-state index in [1.807, 2.05) is 42.7 Å². The Hall–Kier alpha value is -2.22. The second-order valence-corrected chi connectivity index (χ2v) is 6.37. The zero-order valence-corrected chi connectivity index (χ0v) is 15.5. The van der Waals surface area contributed by atoms with Crippen LogP contribution in [0.2, 0.25) is 0 Å². The Morgan fingerprint density at radius 1 is 1.35 bits per heavy atom. The van der Waals surface area contributed by atoms with E-state index in [-0.39, 0.29) is 12.0 Å². The smallest absolute Gasteiger partial charge is 0.242 e. The lowest BCUT2D eigenvalue weighted by Gasteiger charge is -2.13. The van der Waals surface area contributed by atoms with Gasteiger partial charge >= 0.3 is 0 Å². The molecule has 142 valence electrons. The van der Waals surface area contributed by atoms with Crippen LogP contribution in [0, 0.1) is 0 Å². The summed E-state index contributed by atoms with van der Waals surface area (Å²) in [5.74, 6) is 0.256. The molecule has 2 aromatic rings. The van der Waals surface area contributed by atoms with Crippen molar-refractivity contribution in [2.75, 3.05) is 11.9 Å². The minimum absolute atomic E-state index is 0.222. The number of para-hydroxylation sites is 1. The van der Waals surface area contributed by atoms with Crippen molar-refractivity contribution in [3.05, 3.63) is 42.4 Å². The first-order chi connectivity index (χ1) is 12.5. The molecule has 0 fully saturated rings. The second-order valence-electron chi connectivity index (χ2n) is 6.37. The summed E-state index contributed by atoms with van der Waals surface area (Å²) in [5, 5.41) is 15.7. The van der Waals surface area contributed by atoms with Gasteiger partial charge in [0.2, 0.25) is 5.91 Å². The lowest BCUT2D eigenvalue weighted by atomic mass is 10.1. The van der Waals surface area contributed by atoms with Crippen molar-refractivity contribution < 1.29 is 9.90 Å². The fraction of sp³-hybridized carbons (Fsp3) is 0.474. The number of nitrogens with two attached hydrogens (primary N) is 1. The van der Waals surface area contributed by atoms with Gasteiger partial charge in [0.1, 0.15) is 6.33 Å². The van der Waals surface area contributed by atoms with Crippen LogP contribution in [-0.2, 0) is 11.3 Å². The van der Waals surface area contributed by atoms with E-state index in [1.54, 1.807) is 12.5 Å². The van der Waals surface area contributed by atoms with E-state index in [0.29, 0.717) is 25.3 Å². The van der Waals surface area contributed by atoms with Crippen LogP contribution in [0.4, 0.5) is 5.82 Å². The number of hydrogen-bond acceptors (Lipinski definition) is 5. The van der Waals surface area contributed by atoms with E-state index < -0.39 is 6.04 Å². The van der Waals surface area contributed by atoms with Crippen LogP contribution in [0.15, 0.2) is 36.8 Å². The molecular formula is C19H29N5O2. The average Bonchev–Trinajstić information content (AvgIpc) is 3.10. The van der Waals surface area contributed by atoms with Crippen LogP contribution in [0.25, 0.3) is 5.69 Å². The van der Waals surface area contributed by atoms with Crippen molar-refractivity contribution in [1.82, 2.24) is 14.9 Å². The molecule has 2 rings (SSSR count). The Bertz CT molecular complexity index is 701. The topological polar surface area (TPSA) is 105 Å². The number of carbonyl (C=O) groups is 1. The molecule has 0 radical (unpaired) electrons. The molecule has 0 spiro atoms. The zero-order valence-electron chi connectivity index (χ0n) is 15.5. The Balaban J connectivity index is 2.05. The molecule has 1 aromatic carbocycles. The fourth-order valence-electron chi connectivity index (χ4n) is 2.61. The molecule has 1 unspecified atom stereocenters. The molecule has 0 aliphatic rings. The number of carbonyl (C=O) groups excluding carboxylic acids is 1. The first-order valence-corrected chi connectivity index (χ1v) is 9.12. The number of aromatic nitrogens is 2. The van der Waals surface area contributed by atoms with Crippen LogP contribution < -0.4 is 16.4 Å². The number of anilines is 1. The summed E-state index contributed by atoms with van der Waals surface area (Å²) in [6.45, 7) is 5.13. The fourth-order valence-corrected chi connectivity index (χ4v) is 2.61. The second kappa shape index (κ2) is 10.1. The molecule has 0 aliphatic heterocycles. The number of rotatable bonds is 10. The van der Waals surface area contributed by atoms with E-state index >= 15 is 0 Å². The number of hydrogen-bond donors (Lipinski definition) is 4. The first-order valence-electron chi connectivity index (χ1n) is 9.12. The molecule has 7 nitrogen and oxygen atoms in total. The van der Waals surface area contributed by atoms with Crippen molar-refractivity contribution in [2.45, 2.75) is 51.8 Å². The number of aliphatic hydroxyl groups excluding tert-OH is 1. The normalized spacial score (nSPS) is 13.4. The number of imidazole rings is 1. The summed E-state index contributed by atoms with van der Waals surface area (Å²) in [7, 11) is 0. The van der Waals surface area contributed by atoms with Gasteiger partial charge in [-0.1, -0.05) is 38.5 Å². The number of nitrogens with one attached hydrogen (secondary N) is 2. The maximum atomic E-state index is 12.0. The molecule has 7 heteroatoms. The summed E-state index contributed by atoms with van der Waals surface area (Å²) in [4.78, 5) is 16.3. The van der Waals surface area contributed by atoms with Gasteiger partial charge in [-0.2, -0.15) is 0 Å². The van der Waals surface area contributed by atoms with Crippen LogP contribution >= 0.6 is 0 Å². The number of benzene rings is 1. The molecule has 0 saturated heterocycles. The molecule has 1 heterocycles. The van der Waals surface area contributed by atoms with E-state index in [0.717, 1.165) is 24.1 Å². The van der Waals surface area contributed by atoms with Crippen LogP contribution in [0.3, 0.4) is 0 Å². The monoisotopic (exact) mass is 359 g/mol. The van der Waals surface area contributed by atoms with E-state index in [4.69, 9.17) is 5.73 Å². The van der Waals surface area contributed by atoms with Crippen LogP contribution in [-0.4, -0.2) is 39.3 Å². The predicted octanol–water partition coefficient (Wildman–Crippen LogP) is 1.80.